The number of rotatable bonds is 1. The number of carbonyl (C=O) groups excluding carboxylic acids is 2. The topological polar surface area (TPSA) is 61.2 Å². The highest BCUT2D eigenvalue weighted by Crippen LogP contribution is 2.25. The first-order valence-corrected chi connectivity index (χ1v) is 5.92. The molecule has 0 atom stereocenters. The third-order valence-electron chi connectivity index (χ3n) is 2.27. The van der Waals surface area contributed by atoms with Crippen molar-refractivity contribution in [2.75, 3.05) is 16.4 Å². The maximum absolute atomic E-state index is 13.7. The van der Waals surface area contributed by atoms with Gasteiger partial charge in [0.2, 0.25) is 11.8 Å². The first-order valence-electron chi connectivity index (χ1n) is 4.76. The lowest BCUT2D eigenvalue weighted by Crippen LogP contribution is -2.43. The Balaban J connectivity index is 2.42. The minimum absolute atomic E-state index is 0.0840. The van der Waals surface area contributed by atoms with E-state index in [0.29, 0.717) is 0 Å². The number of amides is 2. The number of carbonyl (C=O) groups is 2. The number of hydrogen-bond donors (Lipinski definition) is 0. The quantitative estimate of drug-likeness (QED) is 0.705. The number of benzene rings is 1. The molecule has 0 saturated carbocycles. The molecule has 1 aliphatic rings. The van der Waals surface area contributed by atoms with Crippen molar-refractivity contribution in [2.24, 2.45) is 0 Å². The Labute approximate surface area is 101 Å². The zero-order valence-corrected chi connectivity index (χ0v) is 9.46. The average Bonchev–Trinajstić information content (AvgIpc) is 2.30. The molecule has 1 aromatic carbocycles. The Bertz CT molecular complexity index is 523. The van der Waals surface area contributed by atoms with Gasteiger partial charge in [-0.15, -0.1) is 11.8 Å². The van der Waals surface area contributed by atoms with Crippen molar-refractivity contribution in [2.45, 2.75) is 0 Å². The number of thioether (sulfide) groups is 1. The van der Waals surface area contributed by atoms with E-state index in [0.717, 1.165) is 11.0 Å². The molecule has 0 N–H and O–H groups in total. The Morgan fingerprint density at radius 3 is 2.47 bits per heavy atom. The van der Waals surface area contributed by atoms with Crippen LogP contribution in [0, 0.1) is 17.1 Å². The van der Waals surface area contributed by atoms with Gasteiger partial charge in [-0.25, -0.2) is 9.29 Å². The van der Waals surface area contributed by atoms with Gasteiger partial charge in [0.05, 0.1) is 28.8 Å². The number of nitriles is 1. The number of nitrogens with zero attached hydrogens (tertiary/aromatic N) is 2. The molecule has 2 rings (SSSR count). The second-order valence-electron chi connectivity index (χ2n) is 3.39. The molecule has 4 nitrogen and oxygen atoms in total. The summed E-state index contributed by atoms with van der Waals surface area (Å²) in [6, 6.07) is 5.45. The minimum Gasteiger partial charge on any atom is -0.273 e. The number of hydrogen-bond acceptors (Lipinski definition) is 4. The molecule has 86 valence electrons. The van der Waals surface area contributed by atoms with Crippen LogP contribution in [0.3, 0.4) is 0 Å². The van der Waals surface area contributed by atoms with Gasteiger partial charge in [0.15, 0.2) is 0 Å². The highest BCUT2D eigenvalue weighted by molar-refractivity contribution is 8.00. The molecule has 1 fully saturated rings. The molecule has 0 radical (unpaired) electrons. The molecule has 2 amide bonds. The molecular formula is C11H7FN2O2S. The van der Waals surface area contributed by atoms with Crippen LogP contribution in [0.2, 0.25) is 0 Å². The molecule has 17 heavy (non-hydrogen) atoms. The van der Waals surface area contributed by atoms with Crippen molar-refractivity contribution in [1.29, 1.82) is 5.26 Å². The summed E-state index contributed by atoms with van der Waals surface area (Å²) in [5, 5.41) is 8.60. The lowest BCUT2D eigenvalue weighted by atomic mass is 10.2. The smallest absolute Gasteiger partial charge is 0.243 e. The van der Waals surface area contributed by atoms with Crippen LogP contribution < -0.4 is 4.90 Å². The molecule has 0 spiro atoms. The summed E-state index contributed by atoms with van der Waals surface area (Å²) in [5.41, 5.74) is 0.0665. The van der Waals surface area contributed by atoms with Gasteiger partial charge in [-0.3, -0.25) is 9.59 Å². The summed E-state index contributed by atoms with van der Waals surface area (Å²) in [6.45, 7) is 0. The molecule has 1 aliphatic heterocycles. The van der Waals surface area contributed by atoms with E-state index in [9.17, 15) is 14.0 Å². The predicted octanol–water partition coefficient (Wildman–Crippen LogP) is 1.30. The van der Waals surface area contributed by atoms with Crippen LogP contribution in [0.1, 0.15) is 5.56 Å². The zero-order valence-electron chi connectivity index (χ0n) is 8.64. The van der Waals surface area contributed by atoms with Gasteiger partial charge in [0.25, 0.3) is 0 Å². The minimum atomic E-state index is -0.738. The van der Waals surface area contributed by atoms with E-state index >= 15 is 0 Å². The van der Waals surface area contributed by atoms with Gasteiger partial charge in [-0.2, -0.15) is 5.26 Å². The van der Waals surface area contributed by atoms with E-state index in [4.69, 9.17) is 5.26 Å². The van der Waals surface area contributed by atoms with Gasteiger partial charge in [-0.05, 0) is 18.2 Å². The molecule has 0 unspecified atom stereocenters. The molecule has 1 saturated heterocycles. The van der Waals surface area contributed by atoms with Gasteiger partial charge in [0, 0.05) is 0 Å². The van der Waals surface area contributed by atoms with E-state index in [2.05, 4.69) is 0 Å². The highest BCUT2D eigenvalue weighted by atomic mass is 32.2. The van der Waals surface area contributed by atoms with Crippen molar-refractivity contribution >= 4 is 29.3 Å². The lowest BCUT2D eigenvalue weighted by molar-refractivity contribution is -0.124. The molecule has 0 bridgehead atoms. The predicted molar refractivity (Wildman–Crippen MR) is 60.9 cm³/mol. The van der Waals surface area contributed by atoms with Crippen LogP contribution in [-0.4, -0.2) is 23.3 Å². The summed E-state index contributed by atoms with van der Waals surface area (Å²) >= 11 is 1.21. The van der Waals surface area contributed by atoms with Crippen LogP contribution in [0.4, 0.5) is 10.1 Å². The summed E-state index contributed by atoms with van der Waals surface area (Å²) in [7, 11) is 0. The van der Waals surface area contributed by atoms with E-state index in [-0.39, 0.29) is 22.8 Å². The van der Waals surface area contributed by atoms with Crippen molar-refractivity contribution in [3.8, 4) is 6.07 Å². The first-order chi connectivity index (χ1) is 8.13. The maximum Gasteiger partial charge on any atom is 0.243 e. The van der Waals surface area contributed by atoms with Gasteiger partial charge in [0.1, 0.15) is 5.82 Å². The maximum atomic E-state index is 13.7. The van der Waals surface area contributed by atoms with Gasteiger partial charge < -0.3 is 0 Å². The second-order valence-corrected chi connectivity index (χ2v) is 4.38. The van der Waals surface area contributed by atoms with Gasteiger partial charge in [-0.1, -0.05) is 0 Å². The average molecular weight is 250 g/mol. The van der Waals surface area contributed by atoms with Crippen LogP contribution in [0.25, 0.3) is 0 Å². The normalized spacial score (nSPS) is 15.9. The molecule has 6 heteroatoms. The fourth-order valence-electron chi connectivity index (χ4n) is 1.52. The van der Waals surface area contributed by atoms with Crippen LogP contribution in [-0.2, 0) is 9.59 Å². The summed E-state index contributed by atoms with van der Waals surface area (Å²) in [6.07, 6.45) is 0. The molecule has 0 aliphatic carbocycles. The van der Waals surface area contributed by atoms with Crippen LogP contribution >= 0.6 is 11.8 Å². The lowest BCUT2D eigenvalue weighted by Gasteiger charge is -2.24. The standard InChI is InChI=1S/C11H7FN2O2S/c12-8-3-7(4-13)1-2-9(8)14-10(15)5-17-6-11(14)16/h1-3H,5-6H2. The number of imide groups is 1. The van der Waals surface area contributed by atoms with Crippen LogP contribution in [0.5, 0.6) is 0 Å². The Hall–Kier alpha value is -1.87. The molecule has 0 aromatic heterocycles. The van der Waals surface area contributed by atoms with E-state index in [1.807, 2.05) is 0 Å². The Morgan fingerprint density at radius 2 is 1.94 bits per heavy atom. The number of anilines is 1. The van der Waals surface area contributed by atoms with E-state index < -0.39 is 17.6 Å². The third-order valence-corrected chi connectivity index (χ3v) is 3.17. The van der Waals surface area contributed by atoms with Crippen LogP contribution in [0.15, 0.2) is 18.2 Å². The summed E-state index contributed by atoms with van der Waals surface area (Å²) in [5.74, 6) is -1.29. The van der Waals surface area contributed by atoms with E-state index in [1.54, 1.807) is 6.07 Å². The van der Waals surface area contributed by atoms with E-state index in [1.165, 1.54) is 23.9 Å². The molecular weight excluding hydrogens is 243 g/mol. The summed E-state index contributed by atoms with van der Waals surface area (Å²) < 4.78 is 13.7. The SMILES string of the molecule is N#Cc1ccc(N2C(=O)CSCC2=O)c(F)c1. The first kappa shape index (κ1) is 11.6. The third kappa shape index (κ3) is 2.15. The van der Waals surface area contributed by atoms with Crippen molar-refractivity contribution in [1.82, 2.24) is 0 Å². The van der Waals surface area contributed by atoms with Crippen molar-refractivity contribution < 1.29 is 14.0 Å². The molecule has 1 heterocycles. The van der Waals surface area contributed by atoms with Crippen molar-refractivity contribution in [3.63, 3.8) is 0 Å². The van der Waals surface area contributed by atoms with Crippen molar-refractivity contribution in [3.05, 3.63) is 29.6 Å². The Morgan fingerprint density at radius 1 is 1.29 bits per heavy atom. The highest BCUT2D eigenvalue weighted by Gasteiger charge is 2.29. The molecule has 1 aromatic rings. The Kier molecular flexibility index (Phi) is 3.11. The largest absolute Gasteiger partial charge is 0.273 e. The van der Waals surface area contributed by atoms with Gasteiger partial charge >= 0.3 is 0 Å². The fourth-order valence-corrected chi connectivity index (χ4v) is 2.23. The zero-order chi connectivity index (χ0) is 12.4. The number of halogens is 1. The fraction of sp³-hybridized carbons (Fsp3) is 0.182. The second kappa shape index (κ2) is 4.55. The summed E-state index contributed by atoms with van der Waals surface area (Å²) in [4.78, 5) is 24.0. The monoisotopic (exact) mass is 250 g/mol.